The number of hydrogen-bond donors (Lipinski definition) is 3. The van der Waals surface area contributed by atoms with Crippen molar-refractivity contribution in [3.63, 3.8) is 0 Å². The van der Waals surface area contributed by atoms with Crippen LogP contribution in [0, 0.1) is 0 Å². The van der Waals surface area contributed by atoms with E-state index in [2.05, 4.69) is 15.1 Å². The summed E-state index contributed by atoms with van der Waals surface area (Å²) in [5, 5.41) is 12.2. The molecule has 116 valence electrons. The van der Waals surface area contributed by atoms with Gasteiger partial charge in [0.05, 0.1) is 23.7 Å². The number of hydrogen-bond acceptors (Lipinski definition) is 4. The average molecular weight is 308 g/mol. The topological polar surface area (TPSA) is 96.5 Å². The first kappa shape index (κ1) is 14.6. The Hall–Kier alpha value is -3.28. The fourth-order valence-electron chi connectivity index (χ4n) is 2.26. The van der Waals surface area contributed by atoms with Gasteiger partial charge in [-0.25, -0.2) is 4.98 Å². The van der Waals surface area contributed by atoms with Gasteiger partial charge in [0.2, 0.25) is 0 Å². The highest BCUT2D eigenvalue weighted by Crippen LogP contribution is 2.21. The molecule has 23 heavy (non-hydrogen) atoms. The minimum absolute atomic E-state index is 0.0140. The minimum Gasteiger partial charge on any atom is -0.497 e. The monoisotopic (exact) mass is 308 g/mol. The largest absolute Gasteiger partial charge is 0.497 e. The molecule has 0 bridgehead atoms. The molecule has 6 nitrogen and oxygen atoms in total. The third-order valence-corrected chi connectivity index (χ3v) is 3.45. The second kappa shape index (κ2) is 6.23. The highest BCUT2D eigenvalue weighted by atomic mass is 16.5. The number of aromatic amines is 1. The Kier molecular flexibility index (Phi) is 3.97. The van der Waals surface area contributed by atoms with Gasteiger partial charge in [0.25, 0.3) is 0 Å². The van der Waals surface area contributed by atoms with E-state index in [0.29, 0.717) is 11.4 Å². The zero-order valence-electron chi connectivity index (χ0n) is 12.5. The summed E-state index contributed by atoms with van der Waals surface area (Å²) in [6.45, 7) is 0. The van der Waals surface area contributed by atoms with Crippen molar-refractivity contribution in [2.45, 2.75) is 0 Å². The molecule has 1 aromatic heterocycles. The SMILES string of the molecule is COc1ccc(/C=C(\C(N)=N\O)c2nc3ccccc3[nH]2)cc1. The third kappa shape index (κ3) is 3.01. The Labute approximate surface area is 132 Å². The van der Waals surface area contributed by atoms with Crippen molar-refractivity contribution in [3.05, 3.63) is 59.9 Å². The predicted molar refractivity (Wildman–Crippen MR) is 90.4 cm³/mol. The van der Waals surface area contributed by atoms with Gasteiger partial charge in [0.1, 0.15) is 11.6 Å². The number of rotatable bonds is 4. The Balaban J connectivity index is 2.08. The second-order valence-electron chi connectivity index (χ2n) is 4.92. The first-order chi connectivity index (χ1) is 11.2. The van der Waals surface area contributed by atoms with Crippen LogP contribution in [0.1, 0.15) is 11.4 Å². The minimum atomic E-state index is -0.0140. The lowest BCUT2D eigenvalue weighted by molar-refractivity contribution is 0.319. The maximum Gasteiger partial charge on any atom is 0.173 e. The molecule has 3 aromatic rings. The summed E-state index contributed by atoms with van der Waals surface area (Å²) in [5.74, 6) is 1.29. The van der Waals surface area contributed by atoms with Crippen LogP contribution in [-0.2, 0) is 0 Å². The fourth-order valence-corrected chi connectivity index (χ4v) is 2.26. The average Bonchev–Trinajstić information content (AvgIpc) is 3.03. The summed E-state index contributed by atoms with van der Waals surface area (Å²) < 4.78 is 5.14. The standard InChI is InChI=1S/C17H16N4O2/c1-23-12-8-6-11(7-9-12)10-13(16(18)21-22)17-19-14-4-2-3-5-15(14)20-17/h2-10,22H,1H3,(H2,18,21)(H,19,20)/b13-10+. The van der Waals surface area contributed by atoms with Crippen LogP contribution in [0.15, 0.2) is 53.7 Å². The molecule has 0 fully saturated rings. The molecule has 0 saturated carbocycles. The van der Waals surface area contributed by atoms with Crippen molar-refractivity contribution in [2.24, 2.45) is 10.9 Å². The summed E-state index contributed by atoms with van der Waals surface area (Å²) >= 11 is 0. The van der Waals surface area contributed by atoms with Crippen LogP contribution in [0.3, 0.4) is 0 Å². The Bertz CT molecular complexity index is 846. The molecular weight excluding hydrogens is 292 g/mol. The fraction of sp³-hybridized carbons (Fsp3) is 0.0588. The van der Waals surface area contributed by atoms with E-state index in [-0.39, 0.29) is 5.84 Å². The van der Waals surface area contributed by atoms with Crippen molar-refractivity contribution in [1.29, 1.82) is 0 Å². The van der Waals surface area contributed by atoms with Crippen LogP contribution in [0.4, 0.5) is 0 Å². The second-order valence-corrected chi connectivity index (χ2v) is 4.92. The molecule has 0 aliphatic heterocycles. The molecule has 1 heterocycles. The van der Waals surface area contributed by atoms with E-state index in [9.17, 15) is 0 Å². The summed E-state index contributed by atoms with van der Waals surface area (Å²) in [5.41, 5.74) is 8.91. The smallest absolute Gasteiger partial charge is 0.173 e. The predicted octanol–water partition coefficient (Wildman–Crippen LogP) is 2.86. The van der Waals surface area contributed by atoms with Gasteiger partial charge in [-0.3, -0.25) is 0 Å². The van der Waals surface area contributed by atoms with Crippen LogP contribution >= 0.6 is 0 Å². The van der Waals surface area contributed by atoms with E-state index < -0.39 is 0 Å². The van der Waals surface area contributed by atoms with E-state index in [1.54, 1.807) is 13.2 Å². The van der Waals surface area contributed by atoms with Crippen molar-refractivity contribution in [2.75, 3.05) is 7.11 Å². The van der Waals surface area contributed by atoms with Gasteiger partial charge in [0, 0.05) is 0 Å². The van der Waals surface area contributed by atoms with E-state index in [4.69, 9.17) is 15.7 Å². The molecule has 0 aliphatic carbocycles. The number of fused-ring (bicyclic) bond motifs is 1. The quantitative estimate of drug-likeness (QED) is 0.299. The van der Waals surface area contributed by atoms with E-state index in [0.717, 1.165) is 22.3 Å². The lowest BCUT2D eigenvalue weighted by Gasteiger charge is -2.04. The van der Waals surface area contributed by atoms with Crippen LogP contribution in [0.5, 0.6) is 5.75 Å². The molecule has 0 aliphatic rings. The van der Waals surface area contributed by atoms with E-state index >= 15 is 0 Å². The maximum atomic E-state index is 9.06. The highest BCUT2D eigenvalue weighted by Gasteiger charge is 2.12. The van der Waals surface area contributed by atoms with Gasteiger partial charge in [-0.05, 0) is 35.9 Å². The molecule has 3 rings (SSSR count). The van der Waals surface area contributed by atoms with Crippen molar-refractivity contribution in [3.8, 4) is 5.75 Å². The van der Waals surface area contributed by atoms with Crippen molar-refractivity contribution < 1.29 is 9.94 Å². The lowest BCUT2D eigenvalue weighted by Crippen LogP contribution is -2.14. The van der Waals surface area contributed by atoms with Crippen LogP contribution in [0.2, 0.25) is 0 Å². The van der Waals surface area contributed by atoms with E-state index in [1.807, 2.05) is 48.5 Å². The summed E-state index contributed by atoms with van der Waals surface area (Å²) in [6.07, 6.45) is 1.80. The van der Waals surface area contributed by atoms with Gasteiger partial charge in [-0.15, -0.1) is 0 Å². The van der Waals surface area contributed by atoms with Gasteiger partial charge in [0.15, 0.2) is 5.84 Å². The number of nitrogens with one attached hydrogen (secondary N) is 1. The maximum absolute atomic E-state index is 9.06. The molecule has 4 N–H and O–H groups in total. The number of nitrogens with two attached hydrogens (primary N) is 1. The summed E-state index contributed by atoms with van der Waals surface area (Å²) in [6, 6.07) is 15.1. The molecule has 6 heteroatoms. The Morgan fingerprint density at radius 3 is 2.61 bits per heavy atom. The first-order valence-corrected chi connectivity index (χ1v) is 7.00. The third-order valence-electron chi connectivity index (χ3n) is 3.45. The molecule has 0 saturated heterocycles. The van der Waals surface area contributed by atoms with Crippen LogP contribution < -0.4 is 10.5 Å². The highest BCUT2D eigenvalue weighted by molar-refractivity contribution is 6.25. The molecule has 0 spiro atoms. The lowest BCUT2D eigenvalue weighted by atomic mass is 10.1. The number of oxime groups is 1. The van der Waals surface area contributed by atoms with Crippen molar-refractivity contribution in [1.82, 2.24) is 9.97 Å². The normalized spacial score (nSPS) is 12.6. The number of nitrogens with zero attached hydrogens (tertiary/aromatic N) is 2. The number of amidine groups is 1. The van der Waals surface area contributed by atoms with Gasteiger partial charge in [-0.1, -0.05) is 29.4 Å². The Morgan fingerprint density at radius 1 is 1.22 bits per heavy atom. The number of H-pyrrole nitrogens is 1. The number of benzene rings is 2. The molecule has 2 aromatic carbocycles. The Morgan fingerprint density at radius 2 is 1.96 bits per heavy atom. The molecule has 0 amide bonds. The number of para-hydroxylation sites is 2. The van der Waals surface area contributed by atoms with Crippen LogP contribution in [0.25, 0.3) is 22.7 Å². The number of aromatic nitrogens is 2. The zero-order valence-corrected chi connectivity index (χ0v) is 12.5. The van der Waals surface area contributed by atoms with Crippen molar-refractivity contribution >= 4 is 28.5 Å². The molecule has 0 radical (unpaired) electrons. The number of imidazole rings is 1. The summed E-state index contributed by atoms with van der Waals surface area (Å²) in [7, 11) is 1.61. The molecular formula is C17H16N4O2. The zero-order chi connectivity index (χ0) is 16.2. The van der Waals surface area contributed by atoms with E-state index in [1.165, 1.54) is 0 Å². The number of ether oxygens (including phenoxy) is 1. The molecule has 0 atom stereocenters. The van der Waals surface area contributed by atoms with Gasteiger partial charge >= 0.3 is 0 Å². The number of methoxy groups -OCH3 is 1. The van der Waals surface area contributed by atoms with Gasteiger partial charge in [-0.2, -0.15) is 0 Å². The first-order valence-electron chi connectivity index (χ1n) is 7.00. The molecule has 0 unspecified atom stereocenters. The van der Waals surface area contributed by atoms with Crippen LogP contribution in [-0.4, -0.2) is 28.1 Å². The van der Waals surface area contributed by atoms with Gasteiger partial charge < -0.3 is 20.7 Å². The summed E-state index contributed by atoms with van der Waals surface area (Å²) in [4.78, 5) is 7.67.